The molecule has 0 aromatic heterocycles. The molecule has 0 saturated carbocycles. The van der Waals surface area contributed by atoms with E-state index in [9.17, 15) is 4.79 Å². The highest BCUT2D eigenvalue weighted by Crippen LogP contribution is 2.22. The summed E-state index contributed by atoms with van der Waals surface area (Å²) in [5, 5.41) is 5.93. The molecule has 1 atom stereocenters. The van der Waals surface area contributed by atoms with Gasteiger partial charge >= 0.3 is 6.03 Å². The predicted octanol–water partition coefficient (Wildman–Crippen LogP) is 1.00. The van der Waals surface area contributed by atoms with Crippen LogP contribution >= 0.6 is 0 Å². The van der Waals surface area contributed by atoms with Crippen LogP contribution in [0.3, 0.4) is 0 Å². The van der Waals surface area contributed by atoms with E-state index >= 15 is 0 Å². The molecule has 2 aliphatic rings. The molecule has 1 unspecified atom stereocenters. The highest BCUT2D eigenvalue weighted by Gasteiger charge is 2.27. The summed E-state index contributed by atoms with van der Waals surface area (Å²) in [6.07, 6.45) is 5.53. The summed E-state index contributed by atoms with van der Waals surface area (Å²) in [6, 6.07) is 7.50. The molecule has 0 saturated heterocycles. The van der Waals surface area contributed by atoms with Crippen molar-refractivity contribution >= 4 is 11.7 Å². The molecule has 1 aromatic rings. The fourth-order valence-corrected chi connectivity index (χ4v) is 2.06. The summed E-state index contributed by atoms with van der Waals surface area (Å²) < 4.78 is 0. The Balaban J connectivity index is 1.92. The van der Waals surface area contributed by atoms with E-state index < -0.39 is 0 Å². The Morgan fingerprint density at radius 2 is 2.06 bits per heavy atom. The van der Waals surface area contributed by atoms with Crippen LogP contribution < -0.4 is 21.3 Å². The Bertz CT molecular complexity index is 532. The number of benzene rings is 1. The van der Waals surface area contributed by atoms with Gasteiger partial charge in [0.2, 0.25) is 0 Å². The zero-order valence-electron chi connectivity index (χ0n) is 9.76. The molecule has 0 radical (unpaired) electrons. The SMILES string of the molecule is NCc1ccc(N2C=C3C=CNC3NC2=O)cc1. The first-order valence-corrected chi connectivity index (χ1v) is 5.81. The lowest BCUT2D eigenvalue weighted by atomic mass is 10.1. The van der Waals surface area contributed by atoms with Gasteiger partial charge in [-0.2, -0.15) is 0 Å². The van der Waals surface area contributed by atoms with Crippen molar-refractivity contribution in [2.75, 3.05) is 4.90 Å². The molecule has 2 heterocycles. The molecular weight excluding hydrogens is 228 g/mol. The van der Waals surface area contributed by atoms with Crippen LogP contribution in [0.1, 0.15) is 5.56 Å². The smallest absolute Gasteiger partial charge is 0.327 e. The number of hydrogen-bond acceptors (Lipinski definition) is 3. The number of hydrogen-bond donors (Lipinski definition) is 3. The first-order valence-electron chi connectivity index (χ1n) is 5.81. The van der Waals surface area contributed by atoms with E-state index in [0.29, 0.717) is 6.54 Å². The summed E-state index contributed by atoms with van der Waals surface area (Å²) >= 11 is 0. The maximum atomic E-state index is 12.0. The standard InChI is InChI=1S/C13H14N4O/c14-7-9-1-3-11(4-2-9)17-8-10-5-6-15-12(10)16-13(17)18/h1-6,8,12,15H,7,14H2,(H,16,18). The van der Waals surface area contributed by atoms with E-state index in [1.807, 2.05) is 42.7 Å². The van der Waals surface area contributed by atoms with Crippen LogP contribution in [0.25, 0.3) is 0 Å². The number of rotatable bonds is 2. The fraction of sp³-hybridized carbons (Fsp3) is 0.154. The average Bonchev–Trinajstić information content (AvgIpc) is 2.85. The lowest BCUT2D eigenvalue weighted by molar-refractivity contribution is 0.244. The fourth-order valence-electron chi connectivity index (χ4n) is 2.06. The second kappa shape index (κ2) is 4.19. The van der Waals surface area contributed by atoms with Crippen LogP contribution in [-0.4, -0.2) is 12.2 Å². The van der Waals surface area contributed by atoms with Crippen molar-refractivity contribution in [2.24, 2.45) is 5.73 Å². The minimum Gasteiger partial charge on any atom is -0.368 e. The minimum absolute atomic E-state index is 0.0999. The Morgan fingerprint density at radius 1 is 1.28 bits per heavy atom. The third-order valence-corrected chi connectivity index (χ3v) is 3.09. The molecule has 3 rings (SSSR count). The number of carbonyl (C=O) groups excluding carboxylic acids is 1. The van der Waals surface area contributed by atoms with E-state index in [0.717, 1.165) is 16.8 Å². The monoisotopic (exact) mass is 242 g/mol. The van der Waals surface area contributed by atoms with E-state index in [-0.39, 0.29) is 12.2 Å². The summed E-state index contributed by atoms with van der Waals surface area (Å²) in [6.45, 7) is 0.502. The van der Waals surface area contributed by atoms with Gasteiger partial charge in [-0.15, -0.1) is 0 Å². The van der Waals surface area contributed by atoms with Gasteiger partial charge in [-0.05, 0) is 30.0 Å². The van der Waals surface area contributed by atoms with Crippen molar-refractivity contribution in [2.45, 2.75) is 12.7 Å². The van der Waals surface area contributed by atoms with Crippen LogP contribution in [0.15, 0.2) is 48.3 Å². The second-order valence-corrected chi connectivity index (χ2v) is 4.25. The number of nitrogens with zero attached hydrogens (tertiary/aromatic N) is 1. The third-order valence-electron chi connectivity index (χ3n) is 3.09. The van der Waals surface area contributed by atoms with E-state index in [1.54, 1.807) is 4.90 Å². The molecule has 2 aliphatic heterocycles. The highest BCUT2D eigenvalue weighted by atomic mass is 16.2. The van der Waals surface area contributed by atoms with Crippen molar-refractivity contribution in [3.05, 3.63) is 53.9 Å². The summed E-state index contributed by atoms with van der Waals surface area (Å²) in [4.78, 5) is 13.6. The van der Waals surface area contributed by atoms with Gasteiger partial charge in [0.1, 0.15) is 6.17 Å². The number of fused-ring (bicyclic) bond motifs is 1. The molecule has 0 bridgehead atoms. The van der Waals surface area contributed by atoms with E-state index in [4.69, 9.17) is 5.73 Å². The van der Waals surface area contributed by atoms with Gasteiger partial charge in [-0.25, -0.2) is 4.79 Å². The molecule has 5 heteroatoms. The predicted molar refractivity (Wildman–Crippen MR) is 69.5 cm³/mol. The molecule has 1 aromatic carbocycles. The number of nitrogens with two attached hydrogens (primary N) is 1. The molecule has 4 N–H and O–H groups in total. The Kier molecular flexibility index (Phi) is 2.53. The number of amides is 2. The Hall–Kier alpha value is -2.27. The lowest BCUT2D eigenvalue weighted by Crippen LogP contribution is -2.51. The van der Waals surface area contributed by atoms with Crippen LogP contribution in [0, 0.1) is 0 Å². The maximum absolute atomic E-state index is 12.0. The topological polar surface area (TPSA) is 70.4 Å². The van der Waals surface area contributed by atoms with Gasteiger partial charge in [0.05, 0.1) is 5.69 Å². The Labute approximate surface area is 105 Å². The van der Waals surface area contributed by atoms with Crippen molar-refractivity contribution in [1.82, 2.24) is 10.6 Å². The number of urea groups is 1. The summed E-state index contributed by atoms with van der Waals surface area (Å²) in [5.41, 5.74) is 8.47. The van der Waals surface area contributed by atoms with Crippen LogP contribution in [0.5, 0.6) is 0 Å². The zero-order valence-corrected chi connectivity index (χ0v) is 9.76. The maximum Gasteiger partial charge on any atom is 0.327 e. The molecule has 2 amide bonds. The van der Waals surface area contributed by atoms with Gasteiger partial charge in [0.15, 0.2) is 0 Å². The van der Waals surface area contributed by atoms with Gasteiger partial charge < -0.3 is 16.4 Å². The largest absolute Gasteiger partial charge is 0.368 e. The molecule has 92 valence electrons. The van der Waals surface area contributed by atoms with Crippen molar-refractivity contribution in [3.8, 4) is 0 Å². The number of carbonyl (C=O) groups is 1. The summed E-state index contributed by atoms with van der Waals surface area (Å²) in [5.74, 6) is 0. The first kappa shape index (κ1) is 10.9. The van der Waals surface area contributed by atoms with Gasteiger partial charge in [-0.3, -0.25) is 4.90 Å². The van der Waals surface area contributed by atoms with Crippen molar-refractivity contribution in [1.29, 1.82) is 0 Å². The number of anilines is 1. The summed E-state index contributed by atoms with van der Waals surface area (Å²) in [7, 11) is 0. The van der Waals surface area contributed by atoms with E-state index in [1.165, 1.54) is 0 Å². The van der Waals surface area contributed by atoms with Crippen molar-refractivity contribution < 1.29 is 4.79 Å². The quantitative estimate of drug-likeness (QED) is 0.724. The van der Waals surface area contributed by atoms with Crippen molar-refractivity contribution in [3.63, 3.8) is 0 Å². The Morgan fingerprint density at radius 3 is 2.78 bits per heavy atom. The highest BCUT2D eigenvalue weighted by molar-refractivity contribution is 5.95. The van der Waals surface area contributed by atoms with Gasteiger partial charge in [0, 0.05) is 18.3 Å². The normalized spacial score (nSPS) is 21.2. The van der Waals surface area contributed by atoms with E-state index in [2.05, 4.69) is 10.6 Å². The second-order valence-electron chi connectivity index (χ2n) is 4.25. The zero-order chi connectivity index (χ0) is 12.5. The molecule has 0 fully saturated rings. The average molecular weight is 242 g/mol. The van der Waals surface area contributed by atoms with Crippen LogP contribution in [0.4, 0.5) is 10.5 Å². The minimum atomic E-state index is -0.138. The molecule has 0 spiro atoms. The molecule has 18 heavy (non-hydrogen) atoms. The van der Waals surface area contributed by atoms with Crippen LogP contribution in [-0.2, 0) is 6.54 Å². The number of nitrogens with one attached hydrogen (secondary N) is 2. The third kappa shape index (κ3) is 1.74. The lowest BCUT2D eigenvalue weighted by Gasteiger charge is -2.28. The molecule has 5 nitrogen and oxygen atoms in total. The van der Waals surface area contributed by atoms with Gasteiger partial charge in [-0.1, -0.05) is 12.1 Å². The molecular formula is C13H14N4O. The molecule has 0 aliphatic carbocycles. The van der Waals surface area contributed by atoms with Crippen LogP contribution in [0.2, 0.25) is 0 Å². The first-order chi connectivity index (χ1) is 8.78. The van der Waals surface area contributed by atoms with Gasteiger partial charge in [0.25, 0.3) is 0 Å².